The fraction of sp³-hybridized carbons (Fsp3) is 0.200. The second kappa shape index (κ2) is 12.4. The normalized spacial score (nSPS) is 10.4. The van der Waals surface area contributed by atoms with E-state index < -0.39 is 18.5 Å². The molecule has 0 saturated heterocycles. The third-order valence-electron chi connectivity index (χ3n) is 6.04. The average Bonchev–Trinajstić information content (AvgIpc) is 2.99. The fourth-order valence-corrected chi connectivity index (χ4v) is 4.17. The standard InChI is InChI=1S/C30H27N3O6/c1-36-26-16-20(17-27(37-2)29(26)38-3)25-18-23(22-12-7-8-13-24(22)32-25)30(35)39-19-28(34)33(15-9-14-31)21-10-5-4-6-11-21/h4-8,10-13,16-18H,9,15,19H2,1-3H3. The van der Waals surface area contributed by atoms with Gasteiger partial charge in [0.1, 0.15) is 0 Å². The summed E-state index contributed by atoms with van der Waals surface area (Å²) in [6.07, 6.45) is 0.141. The molecule has 198 valence electrons. The summed E-state index contributed by atoms with van der Waals surface area (Å²) in [4.78, 5) is 32.5. The molecule has 0 spiro atoms. The molecule has 0 radical (unpaired) electrons. The molecule has 0 aliphatic carbocycles. The molecule has 4 rings (SSSR count). The van der Waals surface area contributed by atoms with E-state index in [1.165, 1.54) is 26.2 Å². The van der Waals surface area contributed by atoms with Crippen molar-refractivity contribution in [1.29, 1.82) is 5.26 Å². The third kappa shape index (κ3) is 5.91. The van der Waals surface area contributed by atoms with Gasteiger partial charge in [0.25, 0.3) is 5.91 Å². The summed E-state index contributed by atoms with van der Waals surface area (Å²) in [5, 5.41) is 9.60. The van der Waals surface area contributed by atoms with Crippen molar-refractivity contribution < 1.29 is 28.5 Å². The maximum Gasteiger partial charge on any atom is 0.339 e. The second-order valence-corrected chi connectivity index (χ2v) is 8.35. The van der Waals surface area contributed by atoms with Crippen LogP contribution in [0, 0.1) is 11.3 Å². The summed E-state index contributed by atoms with van der Waals surface area (Å²) < 4.78 is 21.8. The Hall–Kier alpha value is -5.10. The number of carbonyl (C=O) groups is 2. The summed E-state index contributed by atoms with van der Waals surface area (Å²) in [7, 11) is 4.55. The van der Waals surface area contributed by atoms with Gasteiger partial charge in [0.2, 0.25) is 5.75 Å². The molecule has 0 fully saturated rings. The zero-order valence-electron chi connectivity index (χ0n) is 21.8. The number of hydrogen-bond donors (Lipinski definition) is 0. The van der Waals surface area contributed by atoms with Crippen molar-refractivity contribution in [2.75, 3.05) is 39.4 Å². The molecule has 0 bridgehead atoms. The predicted octanol–water partition coefficient (Wildman–Crippen LogP) is 5.03. The van der Waals surface area contributed by atoms with Gasteiger partial charge in [0.05, 0.1) is 50.6 Å². The maximum absolute atomic E-state index is 13.3. The first-order valence-corrected chi connectivity index (χ1v) is 12.1. The number of para-hydroxylation sites is 2. The van der Waals surface area contributed by atoms with E-state index in [9.17, 15) is 9.59 Å². The van der Waals surface area contributed by atoms with Crippen molar-refractivity contribution in [3.63, 3.8) is 0 Å². The van der Waals surface area contributed by atoms with Crippen LogP contribution in [0.25, 0.3) is 22.2 Å². The van der Waals surface area contributed by atoms with Crippen LogP contribution < -0.4 is 19.1 Å². The van der Waals surface area contributed by atoms with E-state index in [-0.39, 0.29) is 18.5 Å². The highest BCUT2D eigenvalue weighted by atomic mass is 16.5. The van der Waals surface area contributed by atoms with Crippen LogP contribution in [0.4, 0.5) is 5.69 Å². The maximum atomic E-state index is 13.3. The highest BCUT2D eigenvalue weighted by molar-refractivity contribution is 6.05. The molecule has 1 heterocycles. The minimum atomic E-state index is -0.677. The van der Waals surface area contributed by atoms with E-state index in [1.807, 2.05) is 18.2 Å². The Morgan fingerprint density at radius 3 is 2.21 bits per heavy atom. The van der Waals surface area contributed by atoms with Crippen LogP contribution >= 0.6 is 0 Å². The quantitative estimate of drug-likeness (QED) is 0.265. The minimum Gasteiger partial charge on any atom is -0.493 e. The zero-order chi connectivity index (χ0) is 27.8. The van der Waals surface area contributed by atoms with Crippen LogP contribution in [0.2, 0.25) is 0 Å². The average molecular weight is 526 g/mol. The minimum absolute atomic E-state index is 0.141. The van der Waals surface area contributed by atoms with Crippen LogP contribution in [0.5, 0.6) is 17.2 Å². The van der Waals surface area contributed by atoms with Gasteiger partial charge in [-0.1, -0.05) is 36.4 Å². The number of nitriles is 1. The Labute approximate surface area is 226 Å². The third-order valence-corrected chi connectivity index (χ3v) is 6.04. The van der Waals surface area contributed by atoms with Crippen LogP contribution in [0.15, 0.2) is 72.8 Å². The first-order valence-electron chi connectivity index (χ1n) is 12.1. The molecular weight excluding hydrogens is 498 g/mol. The van der Waals surface area contributed by atoms with Gasteiger partial charge in [0, 0.05) is 23.2 Å². The summed E-state index contributed by atoms with van der Waals surface area (Å²) in [6.45, 7) is -0.310. The molecule has 1 amide bonds. The molecule has 9 nitrogen and oxygen atoms in total. The zero-order valence-corrected chi connectivity index (χ0v) is 21.8. The lowest BCUT2D eigenvalue weighted by Crippen LogP contribution is -2.35. The van der Waals surface area contributed by atoms with Gasteiger partial charge in [-0.05, 0) is 36.4 Å². The Kier molecular flexibility index (Phi) is 8.59. The molecule has 1 aromatic heterocycles. The molecule has 3 aromatic carbocycles. The van der Waals surface area contributed by atoms with Crippen molar-refractivity contribution in [2.24, 2.45) is 0 Å². The van der Waals surface area contributed by atoms with E-state index in [0.717, 1.165) is 0 Å². The SMILES string of the molecule is COc1cc(-c2cc(C(=O)OCC(=O)N(CCC#N)c3ccccc3)c3ccccc3n2)cc(OC)c1OC. The number of fused-ring (bicyclic) bond motifs is 1. The van der Waals surface area contributed by atoms with Crippen LogP contribution in [0.1, 0.15) is 16.8 Å². The molecule has 9 heteroatoms. The van der Waals surface area contributed by atoms with Gasteiger partial charge in [-0.2, -0.15) is 5.26 Å². The Morgan fingerprint density at radius 1 is 0.897 bits per heavy atom. The van der Waals surface area contributed by atoms with Gasteiger partial charge in [0.15, 0.2) is 18.1 Å². The highest BCUT2D eigenvalue weighted by Gasteiger charge is 2.21. The number of ether oxygens (including phenoxy) is 4. The Balaban J connectivity index is 1.66. The number of anilines is 1. The van der Waals surface area contributed by atoms with Crippen molar-refractivity contribution in [2.45, 2.75) is 6.42 Å². The summed E-state index contributed by atoms with van der Waals surface area (Å²) in [5.41, 5.74) is 2.55. The Bertz CT molecular complexity index is 1510. The molecule has 39 heavy (non-hydrogen) atoms. The van der Waals surface area contributed by atoms with Crippen molar-refractivity contribution in [1.82, 2.24) is 4.98 Å². The second-order valence-electron chi connectivity index (χ2n) is 8.35. The number of rotatable bonds is 10. The van der Waals surface area contributed by atoms with E-state index >= 15 is 0 Å². The Morgan fingerprint density at radius 2 is 1.56 bits per heavy atom. The fourth-order valence-electron chi connectivity index (χ4n) is 4.17. The molecule has 0 saturated carbocycles. The first-order chi connectivity index (χ1) is 19.0. The number of pyridine rings is 1. The number of esters is 1. The molecule has 0 N–H and O–H groups in total. The van der Waals surface area contributed by atoms with E-state index in [2.05, 4.69) is 0 Å². The van der Waals surface area contributed by atoms with Crippen LogP contribution in [-0.4, -0.2) is 51.3 Å². The number of aromatic nitrogens is 1. The molecule has 0 unspecified atom stereocenters. The predicted molar refractivity (Wildman–Crippen MR) is 146 cm³/mol. The topological polar surface area (TPSA) is 111 Å². The lowest BCUT2D eigenvalue weighted by molar-refractivity contribution is -0.121. The monoisotopic (exact) mass is 525 g/mol. The summed E-state index contributed by atoms with van der Waals surface area (Å²) in [6, 6.07) is 23.2. The van der Waals surface area contributed by atoms with Gasteiger partial charge >= 0.3 is 5.97 Å². The number of nitrogens with zero attached hydrogens (tertiary/aromatic N) is 3. The van der Waals surface area contributed by atoms with Crippen molar-refractivity contribution in [3.05, 3.63) is 78.4 Å². The highest BCUT2D eigenvalue weighted by Crippen LogP contribution is 2.41. The lowest BCUT2D eigenvalue weighted by Gasteiger charge is -2.21. The van der Waals surface area contributed by atoms with Gasteiger partial charge in [-0.3, -0.25) is 4.79 Å². The molecular formula is C30H27N3O6. The van der Waals surface area contributed by atoms with E-state index in [4.69, 9.17) is 29.2 Å². The number of methoxy groups -OCH3 is 3. The molecule has 4 aromatic rings. The largest absolute Gasteiger partial charge is 0.493 e. The van der Waals surface area contributed by atoms with Crippen LogP contribution in [-0.2, 0) is 9.53 Å². The number of carbonyl (C=O) groups excluding carboxylic acids is 2. The van der Waals surface area contributed by atoms with Crippen LogP contribution in [0.3, 0.4) is 0 Å². The van der Waals surface area contributed by atoms with E-state index in [1.54, 1.807) is 60.7 Å². The number of benzene rings is 3. The van der Waals surface area contributed by atoms with Crippen molar-refractivity contribution >= 4 is 28.5 Å². The smallest absolute Gasteiger partial charge is 0.339 e. The van der Waals surface area contributed by atoms with Crippen molar-refractivity contribution in [3.8, 4) is 34.6 Å². The van der Waals surface area contributed by atoms with E-state index in [0.29, 0.717) is 45.1 Å². The molecule has 0 atom stereocenters. The van der Waals surface area contributed by atoms with Gasteiger partial charge in [-0.25, -0.2) is 9.78 Å². The lowest BCUT2D eigenvalue weighted by atomic mass is 10.0. The number of amides is 1. The summed E-state index contributed by atoms with van der Waals surface area (Å²) >= 11 is 0. The van der Waals surface area contributed by atoms with Gasteiger partial charge < -0.3 is 23.8 Å². The first kappa shape index (κ1) is 26.9. The number of hydrogen-bond acceptors (Lipinski definition) is 8. The molecule has 0 aliphatic heterocycles. The molecule has 0 aliphatic rings. The summed E-state index contributed by atoms with van der Waals surface area (Å²) in [5.74, 6) is 0.198. The van der Waals surface area contributed by atoms with Gasteiger partial charge in [-0.15, -0.1) is 0 Å².